The molecule has 5 heteroatoms. The van der Waals surface area contributed by atoms with Crippen LogP contribution in [0.5, 0.6) is 0 Å². The average molecular weight is 390 g/mol. The van der Waals surface area contributed by atoms with Crippen LogP contribution in [0.25, 0.3) is 10.6 Å². The zero-order valence-corrected chi connectivity index (χ0v) is 17.5. The predicted octanol–water partition coefficient (Wildman–Crippen LogP) is 5.66. The van der Waals surface area contributed by atoms with Crippen molar-refractivity contribution in [3.05, 3.63) is 41.4 Å². The molecule has 0 aliphatic heterocycles. The van der Waals surface area contributed by atoms with Crippen molar-refractivity contribution in [2.45, 2.75) is 64.4 Å². The molecule has 0 spiro atoms. The summed E-state index contributed by atoms with van der Waals surface area (Å²) in [5.41, 5.74) is 1.56. The highest BCUT2D eigenvalue weighted by Gasteiger charge is 2.29. The maximum absolute atomic E-state index is 11.5. The third kappa shape index (κ3) is 7.43. The number of hydrogen-bond acceptors (Lipinski definition) is 5. The van der Waals surface area contributed by atoms with Crippen molar-refractivity contribution in [1.29, 1.82) is 0 Å². The average Bonchev–Trinajstić information content (AvgIpc) is 3.15. The van der Waals surface area contributed by atoms with Crippen LogP contribution in [0, 0.1) is 0 Å². The third-order valence-electron chi connectivity index (χ3n) is 4.54. The van der Waals surface area contributed by atoms with Gasteiger partial charge in [0.2, 0.25) is 0 Å². The van der Waals surface area contributed by atoms with E-state index in [2.05, 4.69) is 29.6 Å². The number of nitrogens with zero attached hydrogens (tertiary/aromatic N) is 1. The number of ether oxygens (including phenoxy) is 2. The van der Waals surface area contributed by atoms with E-state index in [1.165, 1.54) is 44.1 Å². The summed E-state index contributed by atoms with van der Waals surface area (Å²) in [7, 11) is 1.39. The van der Waals surface area contributed by atoms with Gasteiger partial charge in [0.1, 0.15) is 5.01 Å². The molecule has 0 saturated heterocycles. The Morgan fingerprint density at radius 3 is 2.41 bits per heavy atom. The Balaban J connectivity index is 1.52. The van der Waals surface area contributed by atoms with Crippen molar-refractivity contribution in [3.63, 3.8) is 0 Å². The number of unbranched alkanes of at least 4 members (excludes halogenated alkanes) is 5. The molecule has 0 fully saturated rings. The van der Waals surface area contributed by atoms with Crippen LogP contribution in [-0.4, -0.2) is 30.3 Å². The normalized spacial score (nSPS) is 11.5. The molecule has 27 heavy (non-hydrogen) atoms. The van der Waals surface area contributed by atoms with E-state index in [9.17, 15) is 4.79 Å². The number of hydrogen-bond donors (Lipinski definition) is 0. The highest BCUT2D eigenvalue weighted by Crippen LogP contribution is 2.24. The fourth-order valence-corrected chi connectivity index (χ4v) is 3.74. The van der Waals surface area contributed by atoms with Gasteiger partial charge in [0.05, 0.1) is 12.8 Å². The van der Waals surface area contributed by atoms with Gasteiger partial charge in [0.15, 0.2) is 5.60 Å². The standard InChI is InChI=1S/C22H31NO3S/c1-22(2,21(24)25-3)26-16-12-7-5-4-6-11-15-19-17-27-20(23-19)18-13-9-8-10-14-18/h8-10,13-14,17H,4-7,11-12,15-16H2,1-3H3. The molecule has 0 unspecified atom stereocenters. The van der Waals surface area contributed by atoms with Gasteiger partial charge in [-0.3, -0.25) is 0 Å². The van der Waals surface area contributed by atoms with Crippen LogP contribution in [0.4, 0.5) is 0 Å². The quantitative estimate of drug-likeness (QED) is 0.347. The first-order valence-electron chi connectivity index (χ1n) is 9.75. The predicted molar refractivity (Wildman–Crippen MR) is 111 cm³/mol. The zero-order valence-electron chi connectivity index (χ0n) is 16.7. The molecule has 2 aromatic rings. The minimum Gasteiger partial charge on any atom is -0.467 e. The van der Waals surface area contributed by atoms with Crippen LogP contribution in [0.3, 0.4) is 0 Å². The molecule has 0 saturated carbocycles. The Kier molecular flexibility index (Phi) is 8.95. The Morgan fingerprint density at radius 1 is 1.04 bits per heavy atom. The second-order valence-electron chi connectivity index (χ2n) is 7.23. The lowest BCUT2D eigenvalue weighted by atomic mass is 10.1. The van der Waals surface area contributed by atoms with Gasteiger partial charge in [-0.25, -0.2) is 9.78 Å². The van der Waals surface area contributed by atoms with Crippen molar-refractivity contribution in [2.24, 2.45) is 0 Å². The number of carbonyl (C=O) groups excluding carboxylic acids is 1. The van der Waals surface area contributed by atoms with E-state index in [4.69, 9.17) is 14.5 Å². The molecule has 1 aromatic heterocycles. The summed E-state index contributed by atoms with van der Waals surface area (Å²) in [4.78, 5) is 16.3. The largest absolute Gasteiger partial charge is 0.467 e. The summed E-state index contributed by atoms with van der Waals surface area (Å²) >= 11 is 1.73. The second-order valence-corrected chi connectivity index (χ2v) is 8.09. The van der Waals surface area contributed by atoms with Crippen molar-refractivity contribution in [2.75, 3.05) is 13.7 Å². The van der Waals surface area contributed by atoms with Gasteiger partial charge in [-0.15, -0.1) is 11.3 Å². The van der Waals surface area contributed by atoms with E-state index < -0.39 is 5.60 Å². The van der Waals surface area contributed by atoms with Crippen molar-refractivity contribution in [3.8, 4) is 10.6 Å². The van der Waals surface area contributed by atoms with Crippen molar-refractivity contribution < 1.29 is 14.3 Å². The van der Waals surface area contributed by atoms with Crippen LogP contribution in [0.2, 0.25) is 0 Å². The molecular weight excluding hydrogens is 358 g/mol. The molecule has 0 radical (unpaired) electrons. The lowest BCUT2D eigenvalue weighted by molar-refractivity contribution is -0.165. The first kappa shape index (κ1) is 21.6. The minimum absolute atomic E-state index is 0.319. The molecule has 0 amide bonds. The molecule has 0 atom stereocenters. The number of thiazole rings is 1. The monoisotopic (exact) mass is 389 g/mol. The van der Waals surface area contributed by atoms with Gasteiger partial charge >= 0.3 is 5.97 Å². The summed E-state index contributed by atoms with van der Waals surface area (Å²) in [6.07, 6.45) is 8.01. The molecule has 0 N–H and O–H groups in total. The summed E-state index contributed by atoms with van der Waals surface area (Å²) in [5, 5.41) is 3.29. The maximum atomic E-state index is 11.5. The third-order valence-corrected chi connectivity index (χ3v) is 5.48. The van der Waals surface area contributed by atoms with E-state index in [-0.39, 0.29) is 5.97 Å². The van der Waals surface area contributed by atoms with Crippen molar-refractivity contribution >= 4 is 17.3 Å². The Bertz CT molecular complexity index is 682. The number of methoxy groups -OCH3 is 1. The van der Waals surface area contributed by atoms with Gasteiger partial charge in [0, 0.05) is 17.6 Å². The molecule has 1 heterocycles. The lowest BCUT2D eigenvalue weighted by Gasteiger charge is -2.22. The van der Waals surface area contributed by atoms with E-state index >= 15 is 0 Å². The highest BCUT2D eigenvalue weighted by atomic mass is 32.1. The van der Waals surface area contributed by atoms with Crippen LogP contribution in [0.15, 0.2) is 35.7 Å². The topological polar surface area (TPSA) is 48.4 Å². The number of benzene rings is 1. The first-order chi connectivity index (χ1) is 13.0. The Labute approximate surface area is 166 Å². The van der Waals surface area contributed by atoms with E-state index in [1.54, 1.807) is 25.2 Å². The fraction of sp³-hybridized carbons (Fsp3) is 0.545. The van der Waals surface area contributed by atoms with Crippen LogP contribution in [-0.2, 0) is 20.7 Å². The minimum atomic E-state index is -0.846. The number of aryl methyl sites for hydroxylation is 1. The second kappa shape index (κ2) is 11.2. The van der Waals surface area contributed by atoms with Crippen LogP contribution >= 0.6 is 11.3 Å². The molecule has 0 aliphatic carbocycles. The van der Waals surface area contributed by atoms with Gasteiger partial charge < -0.3 is 9.47 Å². The smallest absolute Gasteiger partial charge is 0.337 e. The molecule has 0 aliphatic rings. The van der Waals surface area contributed by atoms with Crippen LogP contribution in [0.1, 0.15) is 58.1 Å². The highest BCUT2D eigenvalue weighted by molar-refractivity contribution is 7.13. The van der Waals surface area contributed by atoms with Gasteiger partial charge in [0.25, 0.3) is 0 Å². The fourth-order valence-electron chi connectivity index (χ4n) is 2.88. The molecule has 1 aromatic carbocycles. The lowest BCUT2D eigenvalue weighted by Crippen LogP contribution is -2.36. The molecule has 4 nitrogen and oxygen atoms in total. The molecule has 148 valence electrons. The maximum Gasteiger partial charge on any atom is 0.337 e. The molecular formula is C22H31NO3S. The number of carbonyl (C=O) groups is 1. The van der Waals surface area contributed by atoms with Gasteiger partial charge in [-0.1, -0.05) is 56.0 Å². The van der Waals surface area contributed by atoms with E-state index in [1.807, 2.05) is 6.07 Å². The molecule has 2 rings (SSSR count). The van der Waals surface area contributed by atoms with Crippen molar-refractivity contribution in [1.82, 2.24) is 4.98 Å². The SMILES string of the molecule is COC(=O)C(C)(C)OCCCCCCCCc1csc(-c2ccccc2)n1. The van der Waals surface area contributed by atoms with Gasteiger partial charge in [-0.05, 0) is 33.1 Å². The van der Waals surface area contributed by atoms with Crippen LogP contribution < -0.4 is 0 Å². The summed E-state index contributed by atoms with van der Waals surface area (Å²) in [6, 6.07) is 10.4. The number of esters is 1. The zero-order chi connectivity index (χ0) is 19.5. The van der Waals surface area contributed by atoms with E-state index in [0.717, 1.165) is 24.3 Å². The summed E-state index contributed by atoms with van der Waals surface area (Å²) in [5.74, 6) is -0.319. The number of aromatic nitrogens is 1. The molecule has 0 bridgehead atoms. The first-order valence-corrected chi connectivity index (χ1v) is 10.6. The Hall–Kier alpha value is -1.72. The summed E-state index contributed by atoms with van der Waals surface area (Å²) < 4.78 is 10.4. The Morgan fingerprint density at radius 2 is 1.70 bits per heavy atom. The van der Waals surface area contributed by atoms with Gasteiger partial charge in [-0.2, -0.15) is 0 Å². The summed E-state index contributed by atoms with van der Waals surface area (Å²) in [6.45, 7) is 4.10. The number of rotatable bonds is 12. The van der Waals surface area contributed by atoms with E-state index in [0.29, 0.717) is 6.61 Å².